The first-order valence-corrected chi connectivity index (χ1v) is 7.93. The molecule has 9 nitrogen and oxygen atoms in total. The summed E-state index contributed by atoms with van der Waals surface area (Å²) in [6.07, 6.45) is -0.949. The number of ether oxygens (including phenoxy) is 2. The largest absolute Gasteiger partial charge is 0.444 e. The standard InChI is InChI=1S/C15H31N5O4/c1-14(2,3)23-12(21)19-9-7-17-11(16)18-8-10-20-13(22)24-15(4,5)6/h7-10H2,1-6H3,(H,19,21)(H,20,22)(H3,16,17,18)/p+1. The van der Waals surface area contributed by atoms with E-state index in [0.717, 1.165) is 0 Å². The molecule has 24 heavy (non-hydrogen) atoms. The molecule has 0 saturated carbocycles. The lowest BCUT2D eigenvalue weighted by Gasteiger charge is -2.19. The van der Waals surface area contributed by atoms with Gasteiger partial charge in [-0.1, -0.05) is 0 Å². The summed E-state index contributed by atoms with van der Waals surface area (Å²) >= 11 is 0. The Kier molecular flexibility index (Phi) is 8.94. The molecule has 0 heterocycles. The van der Waals surface area contributed by atoms with Crippen LogP contribution in [0.1, 0.15) is 41.5 Å². The topological polar surface area (TPSA) is 129 Å². The molecule has 2 amide bonds. The van der Waals surface area contributed by atoms with Gasteiger partial charge < -0.3 is 20.1 Å². The summed E-state index contributed by atoms with van der Waals surface area (Å²) < 4.78 is 10.2. The van der Waals surface area contributed by atoms with Crippen molar-refractivity contribution in [3.8, 4) is 0 Å². The normalized spacial score (nSPS) is 12.3. The van der Waals surface area contributed by atoms with Gasteiger partial charge in [-0.3, -0.25) is 16.0 Å². The van der Waals surface area contributed by atoms with Gasteiger partial charge in [-0.05, 0) is 41.5 Å². The number of alkyl carbamates (subject to hydrolysis) is 2. The van der Waals surface area contributed by atoms with Crippen LogP contribution in [0.25, 0.3) is 0 Å². The third kappa shape index (κ3) is 14.7. The number of rotatable bonds is 6. The number of nitrogens with two attached hydrogens (primary N) is 1. The van der Waals surface area contributed by atoms with Crippen LogP contribution in [0.2, 0.25) is 0 Å². The van der Waals surface area contributed by atoms with Crippen molar-refractivity contribution in [1.82, 2.24) is 16.0 Å². The zero-order valence-electron chi connectivity index (χ0n) is 15.5. The summed E-state index contributed by atoms with van der Waals surface area (Å²) in [4.78, 5) is 25.7. The molecule has 0 aliphatic heterocycles. The molecule has 0 saturated heterocycles. The molecule has 0 atom stereocenters. The smallest absolute Gasteiger partial charge is 0.407 e. The van der Waals surface area contributed by atoms with Gasteiger partial charge >= 0.3 is 18.1 Å². The van der Waals surface area contributed by atoms with Gasteiger partial charge in [0.1, 0.15) is 11.2 Å². The molecule has 0 aliphatic carbocycles. The molecule has 0 spiro atoms. The average molecular weight is 346 g/mol. The molecule has 0 aliphatic rings. The van der Waals surface area contributed by atoms with Crippen LogP contribution in [-0.4, -0.2) is 55.5 Å². The van der Waals surface area contributed by atoms with E-state index in [2.05, 4.69) is 20.9 Å². The summed E-state index contributed by atoms with van der Waals surface area (Å²) in [5.41, 5.74) is 4.67. The van der Waals surface area contributed by atoms with Crippen molar-refractivity contribution < 1.29 is 24.1 Å². The predicted octanol–water partition coefficient (Wildman–Crippen LogP) is -0.979. The molecular weight excluding hydrogens is 314 g/mol. The number of guanidine groups is 1. The Morgan fingerprint density at radius 3 is 1.71 bits per heavy atom. The molecule has 6 N–H and O–H groups in total. The van der Waals surface area contributed by atoms with Crippen molar-refractivity contribution in [2.45, 2.75) is 52.7 Å². The van der Waals surface area contributed by atoms with E-state index in [1.807, 2.05) is 0 Å². The molecule has 0 bridgehead atoms. The fourth-order valence-corrected chi connectivity index (χ4v) is 1.41. The zero-order valence-corrected chi connectivity index (χ0v) is 15.5. The highest BCUT2D eigenvalue weighted by Crippen LogP contribution is 2.06. The number of hydrogen-bond donors (Lipinski definition) is 5. The monoisotopic (exact) mass is 346 g/mol. The van der Waals surface area contributed by atoms with Crippen molar-refractivity contribution in [1.29, 1.82) is 0 Å². The number of amides is 2. The minimum Gasteiger partial charge on any atom is -0.444 e. The Hall–Kier alpha value is -2.19. The summed E-state index contributed by atoms with van der Waals surface area (Å²) in [5.74, 6) is 0.354. The first-order valence-electron chi connectivity index (χ1n) is 7.93. The summed E-state index contributed by atoms with van der Waals surface area (Å²) in [6, 6.07) is 0. The second-order valence-electron chi connectivity index (χ2n) is 7.12. The third-order valence-electron chi connectivity index (χ3n) is 2.22. The van der Waals surface area contributed by atoms with Crippen molar-refractivity contribution in [3.63, 3.8) is 0 Å². The van der Waals surface area contributed by atoms with Gasteiger partial charge in [0.15, 0.2) is 0 Å². The number of carbonyl (C=O) groups excluding carboxylic acids is 2. The van der Waals surface area contributed by atoms with Crippen LogP contribution in [0.15, 0.2) is 0 Å². The van der Waals surface area contributed by atoms with E-state index in [-0.39, 0.29) is 0 Å². The minimum absolute atomic E-state index is 0.354. The molecule has 140 valence electrons. The molecule has 0 unspecified atom stereocenters. The van der Waals surface area contributed by atoms with Gasteiger partial charge in [-0.2, -0.15) is 0 Å². The predicted molar refractivity (Wildman–Crippen MR) is 91.5 cm³/mol. The van der Waals surface area contributed by atoms with Crippen LogP contribution >= 0.6 is 0 Å². The molecule has 0 rings (SSSR count). The van der Waals surface area contributed by atoms with E-state index < -0.39 is 23.4 Å². The Bertz CT molecular complexity index is 438. The number of carbonyl (C=O) groups is 2. The quantitative estimate of drug-likeness (QED) is 0.239. The van der Waals surface area contributed by atoms with Crippen molar-refractivity contribution in [3.05, 3.63) is 0 Å². The van der Waals surface area contributed by atoms with E-state index in [0.29, 0.717) is 32.1 Å². The highest BCUT2D eigenvalue weighted by atomic mass is 16.6. The van der Waals surface area contributed by atoms with Crippen molar-refractivity contribution in [2.75, 3.05) is 26.2 Å². The van der Waals surface area contributed by atoms with E-state index in [9.17, 15) is 9.59 Å². The van der Waals surface area contributed by atoms with Gasteiger partial charge in [0, 0.05) is 0 Å². The zero-order chi connectivity index (χ0) is 18.8. The van der Waals surface area contributed by atoms with Gasteiger partial charge in [0.2, 0.25) is 0 Å². The molecule has 0 aromatic rings. The van der Waals surface area contributed by atoms with Crippen LogP contribution < -0.4 is 26.7 Å². The third-order valence-corrected chi connectivity index (χ3v) is 2.22. The fourth-order valence-electron chi connectivity index (χ4n) is 1.41. The van der Waals surface area contributed by atoms with Crippen LogP contribution in [0.4, 0.5) is 9.59 Å². The molecule has 9 heteroatoms. The minimum atomic E-state index is -0.522. The van der Waals surface area contributed by atoms with Crippen molar-refractivity contribution in [2.24, 2.45) is 5.73 Å². The van der Waals surface area contributed by atoms with Gasteiger partial charge in [0.05, 0.1) is 26.2 Å². The van der Waals surface area contributed by atoms with Crippen LogP contribution in [0.5, 0.6) is 0 Å². The highest BCUT2D eigenvalue weighted by Gasteiger charge is 2.16. The fraction of sp³-hybridized carbons (Fsp3) is 0.800. The van der Waals surface area contributed by atoms with Gasteiger partial charge in [-0.15, -0.1) is 0 Å². The van der Waals surface area contributed by atoms with Crippen LogP contribution in [-0.2, 0) is 9.47 Å². The first kappa shape index (κ1) is 21.8. The maximum Gasteiger partial charge on any atom is 0.407 e. The van der Waals surface area contributed by atoms with E-state index in [4.69, 9.17) is 15.2 Å². The number of nitrogens with one attached hydrogen (secondary N) is 4. The Balaban J connectivity index is 3.78. The maximum absolute atomic E-state index is 11.4. The molecule has 0 radical (unpaired) electrons. The SMILES string of the molecule is CC(C)(C)OC(=O)NCCNC(N)=[NH+]CCNC(=O)OC(C)(C)C. The molecular formula is C15H32N5O4+. The summed E-state index contributed by atoms with van der Waals surface area (Å²) in [6.45, 7) is 12.4. The maximum atomic E-state index is 11.4. The summed E-state index contributed by atoms with van der Waals surface area (Å²) in [5, 5.41) is 8.11. The number of hydrogen-bond acceptors (Lipinski definition) is 4. The second-order valence-corrected chi connectivity index (χ2v) is 7.12. The Morgan fingerprint density at radius 1 is 0.833 bits per heavy atom. The first-order chi connectivity index (χ1) is 10.9. The molecule has 0 aromatic carbocycles. The highest BCUT2D eigenvalue weighted by molar-refractivity contribution is 5.72. The van der Waals surface area contributed by atoms with Crippen molar-refractivity contribution >= 4 is 18.1 Å². The van der Waals surface area contributed by atoms with Crippen LogP contribution in [0.3, 0.4) is 0 Å². The Morgan fingerprint density at radius 2 is 1.25 bits per heavy atom. The second kappa shape index (κ2) is 9.84. The van der Waals surface area contributed by atoms with E-state index in [1.165, 1.54) is 0 Å². The Labute approximate surface area is 143 Å². The summed E-state index contributed by atoms with van der Waals surface area (Å²) in [7, 11) is 0. The van der Waals surface area contributed by atoms with E-state index >= 15 is 0 Å². The lowest BCUT2D eigenvalue weighted by molar-refractivity contribution is -0.458. The molecule has 0 aromatic heterocycles. The lowest BCUT2D eigenvalue weighted by Crippen LogP contribution is -2.80. The van der Waals surface area contributed by atoms with E-state index in [1.54, 1.807) is 41.5 Å². The van der Waals surface area contributed by atoms with Crippen LogP contribution in [0, 0.1) is 0 Å². The average Bonchev–Trinajstić information content (AvgIpc) is 2.35. The lowest BCUT2D eigenvalue weighted by atomic mass is 10.2. The van der Waals surface area contributed by atoms with Gasteiger partial charge in [-0.25, -0.2) is 9.59 Å². The van der Waals surface area contributed by atoms with Gasteiger partial charge in [0.25, 0.3) is 0 Å². The molecule has 0 fully saturated rings.